The number of rotatable bonds is 3. The van der Waals surface area contributed by atoms with Gasteiger partial charge in [0.25, 0.3) is 0 Å². The molecule has 92 valence electrons. The van der Waals surface area contributed by atoms with Gasteiger partial charge in [-0.3, -0.25) is 0 Å². The number of benzene rings is 1. The van der Waals surface area contributed by atoms with Crippen molar-refractivity contribution < 1.29 is 9.26 Å². The van der Waals surface area contributed by atoms with E-state index in [0.717, 1.165) is 22.5 Å². The van der Waals surface area contributed by atoms with Crippen LogP contribution in [0.3, 0.4) is 0 Å². The van der Waals surface area contributed by atoms with E-state index in [4.69, 9.17) is 15.0 Å². The third-order valence-corrected chi connectivity index (χ3v) is 2.79. The van der Waals surface area contributed by atoms with Gasteiger partial charge in [0.1, 0.15) is 5.75 Å². The van der Waals surface area contributed by atoms with Crippen LogP contribution >= 0.6 is 0 Å². The Bertz CT molecular complexity index is 673. The molecule has 2 N–H and O–H groups in total. The van der Waals surface area contributed by atoms with Crippen LogP contribution < -0.4 is 10.5 Å². The molecule has 0 aliphatic heterocycles. The summed E-state index contributed by atoms with van der Waals surface area (Å²) < 4.78 is 12.1. The Labute approximate surface area is 103 Å². The van der Waals surface area contributed by atoms with E-state index < -0.39 is 0 Å². The number of fused-ring (bicyclic) bond motifs is 1. The van der Waals surface area contributed by atoms with Crippen LogP contribution in [-0.4, -0.2) is 21.8 Å². The van der Waals surface area contributed by atoms with Gasteiger partial charge in [-0.1, -0.05) is 5.16 Å². The number of hydrogen-bond acceptors (Lipinski definition) is 5. The van der Waals surface area contributed by atoms with Crippen LogP contribution in [0.2, 0.25) is 0 Å². The lowest BCUT2D eigenvalue weighted by Gasteiger charge is -2.04. The zero-order valence-electron chi connectivity index (χ0n) is 9.83. The molecule has 0 aliphatic rings. The molecule has 0 fully saturated rings. The van der Waals surface area contributed by atoms with Gasteiger partial charge in [0.05, 0.1) is 30.9 Å². The topological polar surface area (TPSA) is 79.1 Å². The predicted octanol–water partition coefficient (Wildman–Crippen LogP) is 1.66. The minimum absolute atomic E-state index is 0.439. The van der Waals surface area contributed by atoms with Gasteiger partial charge in [-0.25, -0.2) is 4.98 Å². The van der Waals surface area contributed by atoms with Gasteiger partial charge < -0.3 is 19.6 Å². The normalized spacial score (nSPS) is 10.9. The van der Waals surface area contributed by atoms with Crippen LogP contribution in [0.4, 0.5) is 5.95 Å². The predicted molar refractivity (Wildman–Crippen MR) is 66.3 cm³/mol. The molecule has 6 nitrogen and oxygen atoms in total. The average Bonchev–Trinajstić information content (AvgIpc) is 2.99. The summed E-state index contributed by atoms with van der Waals surface area (Å²) in [7, 11) is 1.63. The largest absolute Gasteiger partial charge is 0.497 e. The van der Waals surface area contributed by atoms with E-state index in [0.29, 0.717) is 12.5 Å². The lowest BCUT2D eigenvalue weighted by molar-refractivity contribution is 0.378. The number of methoxy groups -OCH3 is 1. The first-order valence-electron chi connectivity index (χ1n) is 5.47. The zero-order chi connectivity index (χ0) is 12.5. The van der Waals surface area contributed by atoms with Gasteiger partial charge >= 0.3 is 0 Å². The highest BCUT2D eigenvalue weighted by Gasteiger charge is 2.11. The van der Waals surface area contributed by atoms with Crippen molar-refractivity contribution in [2.24, 2.45) is 0 Å². The van der Waals surface area contributed by atoms with Crippen LogP contribution in [0, 0.1) is 0 Å². The van der Waals surface area contributed by atoms with Crippen molar-refractivity contribution >= 4 is 17.0 Å². The van der Waals surface area contributed by atoms with Crippen LogP contribution in [0.15, 0.2) is 35.0 Å². The Hall–Kier alpha value is -2.50. The third-order valence-electron chi connectivity index (χ3n) is 2.79. The second-order valence-corrected chi connectivity index (χ2v) is 3.89. The van der Waals surface area contributed by atoms with Gasteiger partial charge in [0.2, 0.25) is 5.95 Å². The van der Waals surface area contributed by atoms with Crippen molar-refractivity contribution in [2.75, 3.05) is 12.8 Å². The number of nitrogens with zero attached hydrogens (tertiary/aromatic N) is 3. The first-order valence-corrected chi connectivity index (χ1v) is 5.47. The zero-order valence-corrected chi connectivity index (χ0v) is 9.83. The lowest BCUT2D eigenvalue weighted by atomic mass is 10.3. The maximum absolute atomic E-state index is 5.91. The van der Waals surface area contributed by atoms with Crippen molar-refractivity contribution in [1.82, 2.24) is 14.7 Å². The number of aromatic nitrogens is 3. The van der Waals surface area contributed by atoms with Crippen molar-refractivity contribution in [1.29, 1.82) is 0 Å². The highest BCUT2D eigenvalue weighted by atomic mass is 16.5. The summed E-state index contributed by atoms with van der Waals surface area (Å²) in [4.78, 5) is 4.29. The van der Waals surface area contributed by atoms with E-state index >= 15 is 0 Å². The van der Waals surface area contributed by atoms with Gasteiger partial charge in [0, 0.05) is 12.1 Å². The number of anilines is 1. The summed E-state index contributed by atoms with van der Waals surface area (Å²) >= 11 is 0. The van der Waals surface area contributed by atoms with Crippen LogP contribution in [0.25, 0.3) is 11.0 Å². The van der Waals surface area contributed by atoms with Crippen LogP contribution in [0.5, 0.6) is 5.75 Å². The van der Waals surface area contributed by atoms with Gasteiger partial charge in [-0.05, 0) is 12.1 Å². The minimum atomic E-state index is 0.439. The fourth-order valence-corrected chi connectivity index (χ4v) is 1.89. The summed E-state index contributed by atoms with van der Waals surface area (Å²) in [5, 5.41) is 3.67. The summed E-state index contributed by atoms with van der Waals surface area (Å²) in [6, 6.07) is 7.43. The van der Waals surface area contributed by atoms with Crippen LogP contribution in [-0.2, 0) is 6.54 Å². The second-order valence-electron chi connectivity index (χ2n) is 3.89. The first-order chi connectivity index (χ1) is 8.78. The number of ether oxygens (including phenoxy) is 1. The Morgan fingerprint density at radius 1 is 1.39 bits per heavy atom. The standard InChI is InChI=1S/C12H12N4O2/c1-17-8-2-3-10-11(6-8)16(12(13)15-10)7-9-4-5-14-18-9/h2-6H,7H2,1H3,(H2,13,15). The molecule has 2 aromatic heterocycles. The molecule has 6 heteroatoms. The molecule has 0 atom stereocenters. The fraction of sp³-hybridized carbons (Fsp3) is 0.167. The van der Waals surface area contributed by atoms with E-state index in [1.807, 2.05) is 22.8 Å². The molecule has 0 radical (unpaired) electrons. The maximum atomic E-state index is 5.91. The molecule has 0 amide bonds. The Balaban J connectivity index is 2.11. The Morgan fingerprint density at radius 2 is 2.28 bits per heavy atom. The minimum Gasteiger partial charge on any atom is -0.497 e. The molecule has 0 bridgehead atoms. The Morgan fingerprint density at radius 3 is 3.00 bits per heavy atom. The second kappa shape index (κ2) is 4.06. The molecule has 0 saturated heterocycles. The average molecular weight is 244 g/mol. The third kappa shape index (κ3) is 1.67. The van der Waals surface area contributed by atoms with E-state index in [-0.39, 0.29) is 0 Å². The highest BCUT2D eigenvalue weighted by molar-refractivity contribution is 5.80. The summed E-state index contributed by atoms with van der Waals surface area (Å²) in [5.41, 5.74) is 7.64. The molecule has 18 heavy (non-hydrogen) atoms. The van der Waals surface area contributed by atoms with Crippen molar-refractivity contribution in [3.63, 3.8) is 0 Å². The SMILES string of the molecule is COc1ccc2nc(N)n(Cc3ccno3)c2c1. The van der Waals surface area contributed by atoms with E-state index in [1.54, 1.807) is 19.4 Å². The summed E-state index contributed by atoms with van der Waals surface area (Å²) in [5.74, 6) is 1.93. The van der Waals surface area contributed by atoms with Crippen molar-refractivity contribution in [2.45, 2.75) is 6.54 Å². The van der Waals surface area contributed by atoms with Crippen molar-refractivity contribution in [3.8, 4) is 5.75 Å². The monoisotopic (exact) mass is 244 g/mol. The summed E-state index contributed by atoms with van der Waals surface area (Å²) in [6.45, 7) is 0.496. The molecular formula is C12H12N4O2. The molecule has 3 rings (SSSR count). The fourth-order valence-electron chi connectivity index (χ4n) is 1.89. The lowest BCUT2D eigenvalue weighted by Crippen LogP contribution is -2.03. The van der Waals surface area contributed by atoms with Gasteiger partial charge in [-0.2, -0.15) is 0 Å². The number of imidazole rings is 1. The van der Waals surface area contributed by atoms with Crippen molar-refractivity contribution in [3.05, 3.63) is 36.2 Å². The van der Waals surface area contributed by atoms with Gasteiger partial charge in [-0.15, -0.1) is 0 Å². The van der Waals surface area contributed by atoms with Gasteiger partial charge in [0.15, 0.2) is 5.76 Å². The smallest absolute Gasteiger partial charge is 0.201 e. The van der Waals surface area contributed by atoms with E-state index in [1.165, 1.54) is 0 Å². The maximum Gasteiger partial charge on any atom is 0.201 e. The number of nitrogens with two attached hydrogens (primary N) is 1. The molecular weight excluding hydrogens is 232 g/mol. The van der Waals surface area contributed by atoms with E-state index in [9.17, 15) is 0 Å². The quantitative estimate of drug-likeness (QED) is 0.758. The summed E-state index contributed by atoms with van der Waals surface area (Å²) in [6.07, 6.45) is 1.60. The first kappa shape index (κ1) is 10.6. The Kier molecular flexibility index (Phi) is 2.40. The van der Waals surface area contributed by atoms with E-state index in [2.05, 4.69) is 10.1 Å². The highest BCUT2D eigenvalue weighted by Crippen LogP contribution is 2.23. The van der Waals surface area contributed by atoms with Crippen LogP contribution in [0.1, 0.15) is 5.76 Å². The molecule has 2 heterocycles. The number of nitrogen functional groups attached to an aromatic ring is 1. The molecule has 0 spiro atoms. The molecule has 1 aromatic carbocycles. The number of hydrogen-bond donors (Lipinski definition) is 1. The molecule has 0 unspecified atom stereocenters. The molecule has 3 aromatic rings. The molecule has 0 saturated carbocycles. The molecule has 0 aliphatic carbocycles.